The molecule has 0 fully saturated rings. The summed E-state index contributed by atoms with van der Waals surface area (Å²) in [4.78, 5) is 24.4. The van der Waals surface area contributed by atoms with Crippen molar-refractivity contribution in [2.45, 2.75) is 50.0 Å². The van der Waals surface area contributed by atoms with E-state index >= 15 is 0 Å². The molecule has 0 saturated heterocycles. The molecule has 154 valence electrons. The number of hydrogen-bond donors (Lipinski definition) is 2. The number of amides is 1. The molecule has 3 N–H and O–H groups in total. The summed E-state index contributed by atoms with van der Waals surface area (Å²) in [6.07, 6.45) is 3.51. The van der Waals surface area contributed by atoms with Crippen LogP contribution >= 0.6 is 0 Å². The Morgan fingerprint density at radius 1 is 1.10 bits per heavy atom. The van der Waals surface area contributed by atoms with Gasteiger partial charge in [-0.2, -0.15) is 0 Å². The lowest BCUT2D eigenvalue weighted by molar-refractivity contribution is -0.152. The minimum Gasteiger partial charge on any atom is -0.452 e. The monoisotopic (exact) mass is 416 g/mol. The van der Waals surface area contributed by atoms with Crippen molar-refractivity contribution in [2.24, 2.45) is 5.14 Å². The molecule has 1 amide bonds. The van der Waals surface area contributed by atoms with Crippen LogP contribution < -0.4 is 10.5 Å². The van der Waals surface area contributed by atoms with Gasteiger partial charge in [-0.3, -0.25) is 9.59 Å². The summed E-state index contributed by atoms with van der Waals surface area (Å²) >= 11 is 0. The summed E-state index contributed by atoms with van der Waals surface area (Å²) < 4.78 is 28.1. The Bertz CT molecular complexity index is 1030. The van der Waals surface area contributed by atoms with Crippen LogP contribution in [0.2, 0.25) is 0 Å². The maximum absolute atomic E-state index is 12.3. The first-order valence-electron chi connectivity index (χ1n) is 9.46. The normalized spacial score (nSPS) is 14.6. The number of esters is 1. The molecular weight excluding hydrogens is 392 g/mol. The van der Waals surface area contributed by atoms with Gasteiger partial charge in [0.2, 0.25) is 10.0 Å². The van der Waals surface area contributed by atoms with Gasteiger partial charge in [-0.1, -0.05) is 24.3 Å². The van der Waals surface area contributed by atoms with Gasteiger partial charge >= 0.3 is 5.97 Å². The van der Waals surface area contributed by atoms with Gasteiger partial charge in [-0.05, 0) is 67.5 Å². The lowest BCUT2D eigenvalue weighted by Crippen LogP contribution is -2.30. The third-order valence-corrected chi connectivity index (χ3v) is 5.78. The van der Waals surface area contributed by atoms with Gasteiger partial charge in [0.25, 0.3) is 5.91 Å². The molecule has 1 aliphatic carbocycles. The average molecular weight is 416 g/mol. The van der Waals surface area contributed by atoms with E-state index in [1.807, 2.05) is 12.1 Å². The fourth-order valence-electron chi connectivity index (χ4n) is 3.35. The molecule has 1 atom stereocenters. The zero-order valence-corrected chi connectivity index (χ0v) is 17.0. The first kappa shape index (κ1) is 21.0. The Kier molecular flexibility index (Phi) is 6.34. The molecule has 2 aromatic carbocycles. The zero-order valence-electron chi connectivity index (χ0n) is 16.2. The first-order valence-corrected chi connectivity index (χ1v) is 11.0. The number of sulfonamides is 1. The van der Waals surface area contributed by atoms with Crippen LogP contribution in [0.5, 0.6) is 0 Å². The van der Waals surface area contributed by atoms with E-state index in [0.717, 1.165) is 24.8 Å². The van der Waals surface area contributed by atoms with Gasteiger partial charge in [0.05, 0.1) is 11.3 Å². The number of rotatable bonds is 6. The predicted molar refractivity (Wildman–Crippen MR) is 109 cm³/mol. The van der Waals surface area contributed by atoms with Crippen LogP contribution in [-0.2, 0) is 43.6 Å². The topological polar surface area (TPSA) is 116 Å². The Labute approximate surface area is 170 Å². The molecule has 0 saturated carbocycles. The highest BCUT2D eigenvalue weighted by atomic mass is 32.2. The summed E-state index contributed by atoms with van der Waals surface area (Å²) in [6, 6.07) is 11.6. The second kappa shape index (κ2) is 8.75. The highest BCUT2D eigenvalue weighted by Crippen LogP contribution is 2.22. The second-order valence-electron chi connectivity index (χ2n) is 7.18. The molecule has 0 aliphatic heterocycles. The molecule has 0 unspecified atom stereocenters. The fourth-order valence-corrected chi connectivity index (χ4v) is 3.91. The van der Waals surface area contributed by atoms with Gasteiger partial charge in [0.1, 0.15) is 0 Å². The van der Waals surface area contributed by atoms with Gasteiger partial charge < -0.3 is 10.1 Å². The molecular formula is C21H24N2O5S. The molecule has 1 aliphatic rings. The van der Waals surface area contributed by atoms with E-state index < -0.39 is 28.0 Å². The molecule has 29 heavy (non-hydrogen) atoms. The van der Waals surface area contributed by atoms with Crippen molar-refractivity contribution in [1.29, 1.82) is 0 Å². The summed E-state index contributed by atoms with van der Waals surface area (Å²) in [5.74, 6) is -1.06. The number of nitrogens with one attached hydrogen (secondary N) is 1. The maximum atomic E-state index is 12.3. The summed E-state index contributed by atoms with van der Waals surface area (Å²) in [5, 5.41) is 7.62. The molecule has 0 spiro atoms. The van der Waals surface area contributed by atoms with Crippen LogP contribution in [0.15, 0.2) is 47.4 Å². The molecule has 7 nitrogen and oxygen atoms in total. The summed E-state index contributed by atoms with van der Waals surface area (Å²) in [5.41, 5.74) is 3.73. The Morgan fingerprint density at radius 2 is 1.83 bits per heavy atom. The SMILES string of the molecule is C[C@@H](OC(=O)Cc1ccc2c(c1)CCCC2)C(=O)Nc1cccc(S(N)(=O)=O)c1. The van der Waals surface area contributed by atoms with Crippen LogP contribution in [0.1, 0.15) is 36.5 Å². The van der Waals surface area contributed by atoms with Crippen LogP contribution in [0, 0.1) is 0 Å². The van der Waals surface area contributed by atoms with Crippen LogP contribution in [0.25, 0.3) is 0 Å². The number of aryl methyl sites for hydroxylation is 2. The lowest BCUT2D eigenvalue weighted by Gasteiger charge is -2.17. The van der Waals surface area contributed by atoms with E-state index in [1.54, 1.807) is 0 Å². The lowest BCUT2D eigenvalue weighted by atomic mass is 9.90. The van der Waals surface area contributed by atoms with Crippen molar-refractivity contribution < 1.29 is 22.7 Å². The Hall–Kier alpha value is -2.71. The van der Waals surface area contributed by atoms with Crippen molar-refractivity contribution in [1.82, 2.24) is 0 Å². The second-order valence-corrected chi connectivity index (χ2v) is 8.74. The quantitative estimate of drug-likeness (QED) is 0.701. The minimum atomic E-state index is -3.88. The van der Waals surface area contributed by atoms with E-state index in [0.29, 0.717) is 0 Å². The highest BCUT2D eigenvalue weighted by molar-refractivity contribution is 7.89. The van der Waals surface area contributed by atoms with Crippen molar-refractivity contribution in [3.05, 3.63) is 59.2 Å². The Balaban J connectivity index is 1.57. The van der Waals surface area contributed by atoms with E-state index in [2.05, 4.69) is 11.4 Å². The van der Waals surface area contributed by atoms with Gasteiger partial charge in [-0.15, -0.1) is 0 Å². The van der Waals surface area contributed by atoms with Gasteiger partial charge in [0.15, 0.2) is 6.10 Å². The minimum absolute atomic E-state index is 0.0891. The van der Waals surface area contributed by atoms with Crippen molar-refractivity contribution in [2.75, 3.05) is 5.32 Å². The van der Waals surface area contributed by atoms with E-state index in [1.165, 1.54) is 48.7 Å². The number of carbonyl (C=O) groups is 2. The van der Waals surface area contributed by atoms with Crippen molar-refractivity contribution in [3.63, 3.8) is 0 Å². The summed E-state index contributed by atoms with van der Waals surface area (Å²) in [7, 11) is -3.88. The molecule has 3 rings (SSSR count). The number of carbonyl (C=O) groups excluding carboxylic acids is 2. The molecule has 0 bridgehead atoms. The number of primary sulfonamides is 1. The first-order chi connectivity index (χ1) is 13.7. The number of hydrogen-bond acceptors (Lipinski definition) is 5. The predicted octanol–water partition coefficient (Wildman–Crippen LogP) is 2.33. The highest BCUT2D eigenvalue weighted by Gasteiger charge is 2.19. The fraction of sp³-hybridized carbons (Fsp3) is 0.333. The van der Waals surface area contributed by atoms with E-state index in [4.69, 9.17) is 9.88 Å². The van der Waals surface area contributed by atoms with Crippen LogP contribution in [0.4, 0.5) is 5.69 Å². The average Bonchev–Trinajstić information content (AvgIpc) is 2.67. The zero-order chi connectivity index (χ0) is 21.0. The third-order valence-electron chi connectivity index (χ3n) is 4.87. The number of fused-ring (bicyclic) bond motifs is 1. The van der Waals surface area contributed by atoms with Gasteiger partial charge in [-0.25, -0.2) is 13.6 Å². The number of nitrogens with two attached hydrogens (primary N) is 1. The van der Waals surface area contributed by atoms with Crippen LogP contribution in [-0.4, -0.2) is 26.4 Å². The Morgan fingerprint density at radius 3 is 2.55 bits per heavy atom. The largest absolute Gasteiger partial charge is 0.452 e. The van der Waals surface area contributed by atoms with E-state index in [-0.39, 0.29) is 17.0 Å². The smallest absolute Gasteiger partial charge is 0.311 e. The van der Waals surface area contributed by atoms with Gasteiger partial charge in [0, 0.05) is 5.69 Å². The van der Waals surface area contributed by atoms with E-state index in [9.17, 15) is 18.0 Å². The molecule has 2 aromatic rings. The van der Waals surface area contributed by atoms with Crippen molar-refractivity contribution >= 4 is 27.6 Å². The number of anilines is 1. The molecule has 0 aromatic heterocycles. The van der Waals surface area contributed by atoms with Crippen molar-refractivity contribution in [3.8, 4) is 0 Å². The molecule has 0 radical (unpaired) electrons. The third kappa shape index (κ3) is 5.65. The standard InChI is InChI=1S/C21H24N2O5S/c1-14(21(25)23-18-7-4-8-19(13-18)29(22,26)27)28-20(24)12-15-9-10-16-5-2-3-6-17(16)11-15/h4,7-11,13-14H,2-3,5-6,12H2,1H3,(H,23,25)(H2,22,26,27)/t14-/m1/s1. The van der Waals surface area contributed by atoms with Crippen LogP contribution in [0.3, 0.4) is 0 Å². The number of ether oxygens (including phenoxy) is 1. The molecule has 8 heteroatoms. The maximum Gasteiger partial charge on any atom is 0.311 e. The summed E-state index contributed by atoms with van der Waals surface area (Å²) in [6.45, 7) is 1.46. The molecule has 0 heterocycles. The number of benzene rings is 2.